The van der Waals surface area contributed by atoms with Gasteiger partial charge in [0.2, 0.25) is 15.9 Å². The Labute approximate surface area is 155 Å². The van der Waals surface area contributed by atoms with Gasteiger partial charge in [0, 0.05) is 25.3 Å². The van der Waals surface area contributed by atoms with Crippen LogP contribution in [-0.4, -0.2) is 44.9 Å². The standard InChI is InChI=1S/C18H29N3O4S/c1-5-25-15-10-9-13(12-16(15)26(23,24)21(3)4)20-17(22)14-8-6-7-11-18(14,2)19/h9-10,12,14H,5-8,11,19H2,1-4H3,(H,20,22). The predicted molar refractivity (Wildman–Crippen MR) is 102 cm³/mol. The number of ether oxygens (including phenoxy) is 1. The van der Waals surface area contributed by atoms with Crippen molar-refractivity contribution in [3.8, 4) is 5.75 Å². The molecule has 2 atom stereocenters. The SMILES string of the molecule is CCOc1ccc(NC(=O)C2CCCCC2(C)N)cc1S(=O)(=O)N(C)C. The maximum Gasteiger partial charge on any atom is 0.246 e. The Morgan fingerprint density at radius 1 is 1.38 bits per heavy atom. The van der Waals surface area contributed by atoms with Gasteiger partial charge in [-0.2, -0.15) is 0 Å². The van der Waals surface area contributed by atoms with Crippen LogP contribution in [0.15, 0.2) is 23.1 Å². The topological polar surface area (TPSA) is 102 Å². The number of benzene rings is 1. The smallest absolute Gasteiger partial charge is 0.246 e. The Balaban J connectivity index is 2.32. The molecule has 146 valence electrons. The summed E-state index contributed by atoms with van der Waals surface area (Å²) in [6.07, 6.45) is 3.52. The molecule has 0 spiro atoms. The van der Waals surface area contributed by atoms with Crippen LogP contribution >= 0.6 is 0 Å². The Kier molecular flexibility index (Phi) is 6.31. The van der Waals surface area contributed by atoms with Crippen LogP contribution in [0, 0.1) is 5.92 Å². The minimum atomic E-state index is -3.70. The zero-order chi connectivity index (χ0) is 19.5. The van der Waals surface area contributed by atoms with Crippen molar-refractivity contribution in [1.29, 1.82) is 0 Å². The third kappa shape index (κ3) is 4.36. The van der Waals surface area contributed by atoms with E-state index in [1.54, 1.807) is 19.1 Å². The molecule has 0 saturated heterocycles. The maximum absolute atomic E-state index is 12.7. The minimum absolute atomic E-state index is 0.0290. The van der Waals surface area contributed by atoms with Crippen molar-refractivity contribution in [2.45, 2.75) is 50.0 Å². The van der Waals surface area contributed by atoms with E-state index < -0.39 is 15.6 Å². The van der Waals surface area contributed by atoms with Crippen molar-refractivity contribution < 1.29 is 17.9 Å². The number of hydrogen-bond acceptors (Lipinski definition) is 5. The van der Waals surface area contributed by atoms with Gasteiger partial charge in [-0.25, -0.2) is 12.7 Å². The number of rotatable bonds is 6. The molecule has 1 aromatic carbocycles. The monoisotopic (exact) mass is 383 g/mol. The summed E-state index contributed by atoms with van der Waals surface area (Å²) in [5.41, 5.74) is 6.16. The number of nitrogens with zero attached hydrogens (tertiary/aromatic N) is 1. The maximum atomic E-state index is 12.7. The molecule has 0 radical (unpaired) electrons. The summed E-state index contributed by atoms with van der Waals surface area (Å²) in [5, 5.41) is 2.83. The molecular formula is C18H29N3O4S. The van der Waals surface area contributed by atoms with Crippen LogP contribution in [0.1, 0.15) is 39.5 Å². The van der Waals surface area contributed by atoms with Gasteiger partial charge in [0.15, 0.2) is 0 Å². The summed E-state index contributed by atoms with van der Waals surface area (Å²) in [4.78, 5) is 12.7. The van der Waals surface area contributed by atoms with Gasteiger partial charge < -0.3 is 15.8 Å². The first kappa shape index (κ1) is 20.7. The average Bonchev–Trinajstić information content (AvgIpc) is 2.55. The number of hydrogen-bond donors (Lipinski definition) is 2. The molecule has 1 saturated carbocycles. The number of amides is 1. The summed E-state index contributed by atoms with van der Waals surface area (Å²) in [5.74, 6) is -0.204. The second-order valence-corrected chi connectivity index (χ2v) is 9.30. The quantitative estimate of drug-likeness (QED) is 0.784. The van der Waals surface area contributed by atoms with Gasteiger partial charge in [-0.1, -0.05) is 12.8 Å². The Bertz CT molecular complexity index is 760. The fourth-order valence-corrected chi connectivity index (χ4v) is 4.33. The first-order chi connectivity index (χ1) is 12.1. The van der Waals surface area contributed by atoms with E-state index in [9.17, 15) is 13.2 Å². The number of nitrogens with one attached hydrogen (secondary N) is 1. The summed E-state index contributed by atoms with van der Waals surface area (Å²) < 4.78 is 31.7. The molecule has 3 N–H and O–H groups in total. The van der Waals surface area contributed by atoms with Gasteiger partial charge in [-0.15, -0.1) is 0 Å². The third-order valence-corrected chi connectivity index (χ3v) is 6.68. The van der Waals surface area contributed by atoms with Crippen molar-refractivity contribution >= 4 is 21.6 Å². The highest BCUT2D eigenvalue weighted by Gasteiger charge is 2.38. The lowest BCUT2D eigenvalue weighted by atomic mass is 9.74. The number of sulfonamides is 1. The van der Waals surface area contributed by atoms with E-state index in [0.29, 0.717) is 12.3 Å². The average molecular weight is 384 g/mol. The van der Waals surface area contributed by atoms with Gasteiger partial charge in [0.25, 0.3) is 0 Å². The summed E-state index contributed by atoms with van der Waals surface area (Å²) in [6.45, 7) is 4.03. The third-order valence-electron chi connectivity index (χ3n) is 4.84. The van der Waals surface area contributed by atoms with Crippen LogP contribution in [-0.2, 0) is 14.8 Å². The molecule has 1 amide bonds. The van der Waals surface area contributed by atoms with E-state index in [-0.39, 0.29) is 22.5 Å². The van der Waals surface area contributed by atoms with Crippen LogP contribution in [0.5, 0.6) is 5.75 Å². The summed E-state index contributed by atoms with van der Waals surface area (Å²) >= 11 is 0. The molecule has 8 heteroatoms. The van der Waals surface area contributed by atoms with Gasteiger partial charge in [0.1, 0.15) is 10.6 Å². The van der Waals surface area contributed by atoms with Crippen LogP contribution in [0.25, 0.3) is 0 Å². The van der Waals surface area contributed by atoms with Gasteiger partial charge in [-0.3, -0.25) is 4.79 Å². The van der Waals surface area contributed by atoms with Crippen molar-refractivity contribution in [3.63, 3.8) is 0 Å². The molecule has 2 unspecified atom stereocenters. The molecule has 1 fully saturated rings. The number of carbonyl (C=O) groups is 1. The van der Waals surface area contributed by atoms with Crippen LogP contribution in [0.2, 0.25) is 0 Å². The molecule has 26 heavy (non-hydrogen) atoms. The van der Waals surface area contributed by atoms with E-state index in [2.05, 4.69) is 5.32 Å². The van der Waals surface area contributed by atoms with Crippen LogP contribution in [0.4, 0.5) is 5.69 Å². The fraction of sp³-hybridized carbons (Fsp3) is 0.611. The Hall–Kier alpha value is -1.64. The molecule has 0 aromatic heterocycles. The first-order valence-corrected chi connectivity index (χ1v) is 10.3. The molecule has 2 rings (SSSR count). The minimum Gasteiger partial charge on any atom is -0.492 e. The molecule has 0 aliphatic heterocycles. The molecule has 1 aromatic rings. The van der Waals surface area contributed by atoms with Crippen LogP contribution < -0.4 is 15.8 Å². The normalized spacial score (nSPS) is 23.7. The Morgan fingerprint density at radius 3 is 2.65 bits per heavy atom. The predicted octanol–water partition coefficient (Wildman–Crippen LogP) is 2.18. The molecule has 0 bridgehead atoms. The highest BCUT2D eigenvalue weighted by Crippen LogP contribution is 2.34. The van der Waals surface area contributed by atoms with E-state index in [1.165, 1.54) is 20.2 Å². The fourth-order valence-electron chi connectivity index (χ4n) is 3.28. The van der Waals surface area contributed by atoms with E-state index in [4.69, 9.17) is 10.5 Å². The largest absolute Gasteiger partial charge is 0.492 e. The molecule has 1 aliphatic carbocycles. The Morgan fingerprint density at radius 2 is 2.08 bits per heavy atom. The second kappa shape index (κ2) is 7.94. The summed E-state index contributed by atoms with van der Waals surface area (Å²) in [7, 11) is -0.790. The van der Waals surface area contributed by atoms with Crippen molar-refractivity contribution in [2.75, 3.05) is 26.0 Å². The lowest BCUT2D eigenvalue weighted by molar-refractivity contribution is -0.122. The van der Waals surface area contributed by atoms with E-state index in [1.807, 2.05) is 6.92 Å². The zero-order valence-corrected chi connectivity index (χ0v) is 16.7. The number of carbonyl (C=O) groups excluding carboxylic acids is 1. The molecule has 0 heterocycles. The lowest BCUT2D eigenvalue weighted by Gasteiger charge is -2.37. The van der Waals surface area contributed by atoms with Crippen molar-refractivity contribution in [3.05, 3.63) is 18.2 Å². The van der Waals surface area contributed by atoms with E-state index >= 15 is 0 Å². The number of nitrogens with two attached hydrogens (primary N) is 1. The molecule has 1 aliphatic rings. The molecule has 7 nitrogen and oxygen atoms in total. The highest BCUT2D eigenvalue weighted by atomic mass is 32.2. The zero-order valence-electron chi connectivity index (χ0n) is 15.9. The van der Waals surface area contributed by atoms with E-state index in [0.717, 1.165) is 30.0 Å². The van der Waals surface area contributed by atoms with Gasteiger partial charge >= 0.3 is 0 Å². The van der Waals surface area contributed by atoms with Gasteiger partial charge in [-0.05, 0) is 44.9 Å². The molecular weight excluding hydrogens is 354 g/mol. The van der Waals surface area contributed by atoms with Crippen molar-refractivity contribution in [1.82, 2.24) is 4.31 Å². The lowest BCUT2D eigenvalue weighted by Crippen LogP contribution is -2.51. The van der Waals surface area contributed by atoms with Gasteiger partial charge in [0.05, 0.1) is 12.5 Å². The summed E-state index contributed by atoms with van der Waals surface area (Å²) in [6, 6.07) is 4.65. The second-order valence-electron chi connectivity index (χ2n) is 7.18. The first-order valence-electron chi connectivity index (χ1n) is 8.88. The highest BCUT2D eigenvalue weighted by molar-refractivity contribution is 7.89. The van der Waals surface area contributed by atoms with Crippen molar-refractivity contribution in [2.24, 2.45) is 11.7 Å². The number of anilines is 1. The van der Waals surface area contributed by atoms with Crippen LogP contribution in [0.3, 0.4) is 0 Å².